The number of hydrogen-bond donors (Lipinski definition) is 3. The molecule has 0 amide bonds. The van der Waals surface area contributed by atoms with Crippen molar-refractivity contribution in [3.8, 4) is 17.2 Å². The summed E-state index contributed by atoms with van der Waals surface area (Å²) in [7, 11) is 3.21. The number of rotatable bonds is 6. The summed E-state index contributed by atoms with van der Waals surface area (Å²) in [4.78, 5) is 4.39. The Morgan fingerprint density at radius 2 is 1.86 bits per heavy atom. The van der Waals surface area contributed by atoms with Crippen molar-refractivity contribution in [3.63, 3.8) is 0 Å². The smallest absolute Gasteiger partial charge is 0.189 e. The monoisotopic (exact) mass is 497 g/mol. The molecule has 0 aliphatic heterocycles. The van der Waals surface area contributed by atoms with Crippen LogP contribution in [0.3, 0.4) is 0 Å². The summed E-state index contributed by atoms with van der Waals surface area (Å²) >= 11 is 0. The molecule has 0 atom stereocenters. The molecule has 0 fully saturated rings. The predicted molar refractivity (Wildman–Crippen MR) is 122 cm³/mol. The van der Waals surface area contributed by atoms with E-state index in [0.717, 1.165) is 30.4 Å². The third-order valence-electron chi connectivity index (χ3n) is 4.95. The Morgan fingerprint density at radius 1 is 1.11 bits per heavy atom. The average molecular weight is 497 g/mol. The summed E-state index contributed by atoms with van der Waals surface area (Å²) in [6.07, 6.45) is 4.45. The van der Waals surface area contributed by atoms with E-state index < -0.39 is 0 Å². The van der Waals surface area contributed by atoms with Crippen LogP contribution in [0, 0.1) is 0 Å². The lowest BCUT2D eigenvalue weighted by Crippen LogP contribution is -2.31. The molecule has 0 aromatic heterocycles. The van der Waals surface area contributed by atoms with Crippen LogP contribution in [0.2, 0.25) is 0 Å². The second kappa shape index (κ2) is 10.4. The van der Waals surface area contributed by atoms with Crippen molar-refractivity contribution in [3.05, 3.63) is 52.6 Å². The Hall–Kier alpha value is -2.16. The van der Waals surface area contributed by atoms with Crippen LogP contribution in [0.25, 0.3) is 0 Å². The molecule has 28 heavy (non-hydrogen) atoms. The summed E-state index contributed by atoms with van der Waals surface area (Å²) in [5, 5.41) is 13.4. The van der Waals surface area contributed by atoms with E-state index in [1.54, 1.807) is 20.3 Å². The third kappa shape index (κ3) is 5.21. The van der Waals surface area contributed by atoms with Crippen LogP contribution in [0.1, 0.15) is 35.1 Å². The molecular weight excluding hydrogens is 469 g/mol. The number of nitrogens with two attached hydrogens (primary N) is 1. The van der Waals surface area contributed by atoms with Gasteiger partial charge in [0, 0.05) is 12.1 Å². The van der Waals surface area contributed by atoms with E-state index in [2.05, 4.69) is 10.3 Å². The zero-order valence-electron chi connectivity index (χ0n) is 16.3. The standard InChI is InChI=1S/C21H27N3O3.HI/c1-26-19-10-7-14(11-20(19)27-2)12-23-21(22)24-13-17-16-6-4-3-5-15(16)8-9-18(17)25;/h7-11,25H,3-6,12-13H2,1-2H3,(H3,22,23,24);1H. The highest BCUT2D eigenvalue weighted by molar-refractivity contribution is 14.0. The van der Waals surface area contributed by atoms with Gasteiger partial charge in [-0.2, -0.15) is 0 Å². The SMILES string of the molecule is COc1ccc(CN=C(N)NCc2c(O)ccc3c2CCCC3)cc1OC.I. The summed E-state index contributed by atoms with van der Waals surface area (Å²) in [5.41, 5.74) is 10.5. The van der Waals surface area contributed by atoms with Crippen molar-refractivity contribution in [2.75, 3.05) is 14.2 Å². The van der Waals surface area contributed by atoms with Crippen LogP contribution in [-0.4, -0.2) is 25.3 Å². The Morgan fingerprint density at radius 3 is 2.61 bits per heavy atom. The number of nitrogens with zero attached hydrogens (tertiary/aromatic N) is 1. The lowest BCUT2D eigenvalue weighted by Gasteiger charge is -2.20. The molecule has 0 bridgehead atoms. The fraction of sp³-hybridized carbons (Fsp3) is 0.381. The molecule has 0 saturated carbocycles. The highest BCUT2D eigenvalue weighted by Crippen LogP contribution is 2.30. The van der Waals surface area contributed by atoms with Gasteiger partial charge in [0.15, 0.2) is 17.5 Å². The molecule has 2 aromatic rings. The van der Waals surface area contributed by atoms with Gasteiger partial charge in [0.2, 0.25) is 0 Å². The number of methoxy groups -OCH3 is 2. The number of phenols is 1. The van der Waals surface area contributed by atoms with Crippen LogP contribution in [0.4, 0.5) is 0 Å². The number of ether oxygens (including phenoxy) is 2. The van der Waals surface area contributed by atoms with Gasteiger partial charge < -0.3 is 25.6 Å². The van der Waals surface area contributed by atoms with Crippen molar-refractivity contribution < 1.29 is 14.6 Å². The van der Waals surface area contributed by atoms with Crippen molar-refractivity contribution in [1.29, 1.82) is 0 Å². The predicted octanol–water partition coefficient (Wildman–Crippen LogP) is 3.51. The number of guanidine groups is 1. The third-order valence-corrected chi connectivity index (χ3v) is 4.95. The number of halogens is 1. The van der Waals surface area contributed by atoms with Gasteiger partial charge in [-0.05, 0) is 60.6 Å². The number of aryl methyl sites for hydroxylation is 1. The summed E-state index contributed by atoms with van der Waals surface area (Å²) in [6, 6.07) is 9.47. The minimum absolute atomic E-state index is 0. The van der Waals surface area contributed by atoms with Gasteiger partial charge in [0.25, 0.3) is 0 Å². The van der Waals surface area contributed by atoms with Crippen molar-refractivity contribution in [1.82, 2.24) is 5.32 Å². The molecule has 3 rings (SSSR count). The van der Waals surface area contributed by atoms with Gasteiger partial charge in [0.1, 0.15) is 5.75 Å². The van der Waals surface area contributed by atoms with E-state index in [9.17, 15) is 5.11 Å². The van der Waals surface area contributed by atoms with Gasteiger partial charge in [-0.1, -0.05) is 12.1 Å². The molecule has 0 unspecified atom stereocenters. The van der Waals surface area contributed by atoms with E-state index in [1.165, 1.54) is 17.5 Å². The molecular formula is C21H28IN3O3. The maximum absolute atomic E-state index is 10.2. The van der Waals surface area contributed by atoms with Gasteiger partial charge in [0.05, 0.1) is 20.8 Å². The molecule has 0 radical (unpaired) electrons. The molecule has 2 aromatic carbocycles. The van der Waals surface area contributed by atoms with Gasteiger partial charge >= 0.3 is 0 Å². The van der Waals surface area contributed by atoms with E-state index in [-0.39, 0.29) is 24.0 Å². The summed E-state index contributed by atoms with van der Waals surface area (Å²) < 4.78 is 10.5. The number of phenolic OH excluding ortho intramolecular Hbond substituents is 1. The second-order valence-electron chi connectivity index (χ2n) is 6.65. The van der Waals surface area contributed by atoms with Crippen molar-refractivity contribution in [2.45, 2.75) is 38.8 Å². The number of nitrogens with one attached hydrogen (secondary N) is 1. The minimum Gasteiger partial charge on any atom is -0.508 e. The fourth-order valence-corrected chi connectivity index (χ4v) is 3.48. The van der Waals surface area contributed by atoms with Crippen molar-refractivity contribution in [2.24, 2.45) is 10.7 Å². The molecule has 152 valence electrons. The number of benzene rings is 2. The number of fused-ring (bicyclic) bond motifs is 1. The quantitative estimate of drug-likeness (QED) is 0.323. The maximum Gasteiger partial charge on any atom is 0.189 e. The molecule has 1 aliphatic rings. The van der Waals surface area contributed by atoms with Gasteiger partial charge in [-0.3, -0.25) is 0 Å². The Labute approximate surface area is 183 Å². The number of aromatic hydroxyl groups is 1. The summed E-state index contributed by atoms with van der Waals surface area (Å²) in [6.45, 7) is 0.897. The molecule has 4 N–H and O–H groups in total. The summed E-state index contributed by atoms with van der Waals surface area (Å²) in [5.74, 6) is 2.01. The van der Waals surface area contributed by atoms with E-state index in [0.29, 0.717) is 36.3 Å². The van der Waals surface area contributed by atoms with Crippen LogP contribution >= 0.6 is 24.0 Å². The van der Waals surface area contributed by atoms with Crippen LogP contribution in [0.5, 0.6) is 17.2 Å². The Kier molecular flexibility index (Phi) is 8.22. The first kappa shape index (κ1) is 22.1. The van der Waals surface area contributed by atoms with Crippen molar-refractivity contribution >= 4 is 29.9 Å². The average Bonchev–Trinajstić information content (AvgIpc) is 2.71. The van der Waals surface area contributed by atoms with Crippen LogP contribution in [0.15, 0.2) is 35.3 Å². The van der Waals surface area contributed by atoms with Crippen LogP contribution in [-0.2, 0) is 25.9 Å². The fourth-order valence-electron chi connectivity index (χ4n) is 3.48. The Balaban J connectivity index is 0.00000280. The minimum atomic E-state index is 0. The lowest BCUT2D eigenvalue weighted by atomic mass is 9.88. The lowest BCUT2D eigenvalue weighted by molar-refractivity contribution is 0.354. The number of hydrogen-bond acceptors (Lipinski definition) is 4. The first-order chi connectivity index (χ1) is 13.1. The highest BCUT2D eigenvalue weighted by atomic mass is 127. The normalized spacial score (nSPS) is 13.3. The molecule has 6 nitrogen and oxygen atoms in total. The first-order valence-electron chi connectivity index (χ1n) is 9.19. The molecule has 7 heteroatoms. The second-order valence-corrected chi connectivity index (χ2v) is 6.65. The van der Waals surface area contributed by atoms with E-state index in [4.69, 9.17) is 15.2 Å². The van der Waals surface area contributed by atoms with Gasteiger partial charge in [-0.25, -0.2) is 4.99 Å². The largest absolute Gasteiger partial charge is 0.508 e. The number of aliphatic imine (C=N–C) groups is 1. The topological polar surface area (TPSA) is 89.1 Å². The first-order valence-corrected chi connectivity index (χ1v) is 9.19. The van der Waals surface area contributed by atoms with Crippen LogP contribution < -0.4 is 20.5 Å². The van der Waals surface area contributed by atoms with Gasteiger partial charge in [-0.15, -0.1) is 24.0 Å². The van der Waals surface area contributed by atoms with E-state index in [1.807, 2.05) is 24.3 Å². The maximum atomic E-state index is 10.2. The highest BCUT2D eigenvalue weighted by Gasteiger charge is 2.16. The molecule has 0 spiro atoms. The molecule has 0 heterocycles. The zero-order valence-corrected chi connectivity index (χ0v) is 18.7. The molecule has 0 saturated heterocycles. The zero-order chi connectivity index (χ0) is 19.2. The van der Waals surface area contributed by atoms with E-state index >= 15 is 0 Å². The molecule has 1 aliphatic carbocycles. The Bertz CT molecular complexity index is 840.